The van der Waals surface area contributed by atoms with Crippen molar-refractivity contribution in [1.82, 2.24) is 4.98 Å². The minimum Gasteiger partial charge on any atom is -0.423 e. The Balaban J connectivity index is 1.65. The molecule has 1 atom stereocenters. The van der Waals surface area contributed by atoms with Crippen LogP contribution in [0, 0.1) is 5.82 Å². The highest BCUT2D eigenvalue weighted by atomic mass is 32.2. The number of hydrogen-bond acceptors (Lipinski definition) is 6. The lowest BCUT2D eigenvalue weighted by molar-refractivity contribution is 0.178. The third kappa shape index (κ3) is 4.91. The molecule has 1 heterocycles. The van der Waals surface area contributed by atoms with Gasteiger partial charge in [0.1, 0.15) is 5.82 Å². The smallest absolute Gasteiger partial charge is 0.423 e. The molecule has 0 saturated carbocycles. The second kappa shape index (κ2) is 9.21. The largest absolute Gasteiger partial charge is 0.488 e. The molecule has 0 amide bonds. The molecule has 0 fully saturated rings. The Morgan fingerprint density at radius 2 is 1.79 bits per heavy atom. The van der Waals surface area contributed by atoms with Gasteiger partial charge in [0.05, 0.1) is 5.03 Å². The molecule has 0 bridgehead atoms. The molecule has 1 unspecified atom stereocenters. The van der Waals surface area contributed by atoms with E-state index in [0.717, 1.165) is 10.6 Å². The summed E-state index contributed by atoms with van der Waals surface area (Å²) in [6, 6.07) is 16.6. The predicted octanol–water partition coefficient (Wildman–Crippen LogP) is 2.32. The quantitative estimate of drug-likeness (QED) is 0.322. The van der Waals surface area contributed by atoms with Crippen LogP contribution in [0.25, 0.3) is 0 Å². The van der Waals surface area contributed by atoms with Crippen molar-refractivity contribution in [3.63, 3.8) is 0 Å². The van der Waals surface area contributed by atoms with Crippen LogP contribution in [-0.2, 0) is 5.75 Å². The van der Waals surface area contributed by atoms with Crippen molar-refractivity contribution >= 4 is 30.0 Å². The lowest BCUT2D eigenvalue weighted by Crippen LogP contribution is -2.32. The van der Waals surface area contributed by atoms with Crippen molar-refractivity contribution in [3.8, 4) is 0 Å². The van der Waals surface area contributed by atoms with Gasteiger partial charge in [-0.25, -0.2) is 9.37 Å². The van der Waals surface area contributed by atoms with E-state index in [1.54, 1.807) is 54.5 Å². The van der Waals surface area contributed by atoms with Gasteiger partial charge in [-0.1, -0.05) is 30.3 Å². The van der Waals surface area contributed by atoms with Crippen molar-refractivity contribution in [1.29, 1.82) is 0 Å². The van der Waals surface area contributed by atoms with E-state index in [1.165, 1.54) is 23.9 Å². The molecule has 144 valence electrons. The van der Waals surface area contributed by atoms with E-state index in [-0.39, 0.29) is 5.82 Å². The molecule has 0 radical (unpaired) electrons. The van der Waals surface area contributed by atoms with Crippen LogP contribution in [0.15, 0.2) is 71.9 Å². The summed E-state index contributed by atoms with van der Waals surface area (Å²) in [5.74, 6) is 0.211. The van der Waals surface area contributed by atoms with E-state index >= 15 is 0 Å². The SMILES string of the molecule is CN(c1ccc(F)cc1)C(O)c1ccc(SCc2ccccc2B(O)O)nc1. The van der Waals surface area contributed by atoms with Crippen LogP contribution in [0.4, 0.5) is 10.1 Å². The number of hydrogen-bond donors (Lipinski definition) is 3. The van der Waals surface area contributed by atoms with E-state index in [9.17, 15) is 19.5 Å². The van der Waals surface area contributed by atoms with Crippen LogP contribution in [-0.4, -0.2) is 34.3 Å². The minimum absolute atomic E-state index is 0.329. The van der Waals surface area contributed by atoms with Gasteiger partial charge >= 0.3 is 7.12 Å². The maximum atomic E-state index is 13.1. The van der Waals surface area contributed by atoms with E-state index in [1.807, 2.05) is 12.1 Å². The molecule has 1 aromatic heterocycles. The molecule has 3 aromatic rings. The molecule has 0 aliphatic carbocycles. The first-order valence-electron chi connectivity index (χ1n) is 8.65. The molecule has 0 aliphatic rings. The zero-order valence-corrected chi connectivity index (χ0v) is 16.1. The van der Waals surface area contributed by atoms with Gasteiger partial charge in [0, 0.05) is 30.2 Å². The Kier molecular flexibility index (Phi) is 6.69. The van der Waals surface area contributed by atoms with Crippen molar-refractivity contribution in [2.24, 2.45) is 0 Å². The Hall–Kier alpha value is -2.39. The summed E-state index contributed by atoms with van der Waals surface area (Å²) in [6.07, 6.45) is 0.682. The maximum absolute atomic E-state index is 13.1. The third-order valence-corrected chi connectivity index (χ3v) is 5.36. The third-order valence-electron chi connectivity index (χ3n) is 4.37. The first-order chi connectivity index (χ1) is 13.5. The zero-order chi connectivity index (χ0) is 20.1. The summed E-state index contributed by atoms with van der Waals surface area (Å²) in [4.78, 5) is 6.00. The first kappa shape index (κ1) is 20.4. The lowest BCUT2D eigenvalue weighted by atomic mass is 9.77. The van der Waals surface area contributed by atoms with E-state index in [2.05, 4.69) is 4.98 Å². The number of thioether (sulfide) groups is 1. The molecule has 3 N–H and O–H groups in total. The van der Waals surface area contributed by atoms with Gasteiger partial charge in [0.15, 0.2) is 6.23 Å². The van der Waals surface area contributed by atoms with Crippen molar-refractivity contribution < 1.29 is 19.5 Å². The maximum Gasteiger partial charge on any atom is 0.488 e. The number of aliphatic hydroxyl groups is 1. The van der Waals surface area contributed by atoms with Crippen LogP contribution >= 0.6 is 11.8 Å². The molecule has 8 heteroatoms. The highest BCUT2D eigenvalue weighted by molar-refractivity contribution is 7.98. The van der Waals surface area contributed by atoms with Crippen molar-refractivity contribution in [2.45, 2.75) is 17.0 Å². The van der Waals surface area contributed by atoms with Crippen LogP contribution in [0.3, 0.4) is 0 Å². The average molecular weight is 398 g/mol. The molecule has 0 spiro atoms. The van der Waals surface area contributed by atoms with Gasteiger partial charge in [0.25, 0.3) is 0 Å². The van der Waals surface area contributed by atoms with Crippen LogP contribution < -0.4 is 10.4 Å². The Labute approximate surface area is 167 Å². The summed E-state index contributed by atoms with van der Waals surface area (Å²) in [6.45, 7) is 0. The second-order valence-electron chi connectivity index (χ2n) is 6.25. The summed E-state index contributed by atoms with van der Waals surface area (Å²) < 4.78 is 13.1. The molecule has 3 rings (SSSR count). The fraction of sp³-hybridized carbons (Fsp3) is 0.150. The van der Waals surface area contributed by atoms with Gasteiger partial charge in [0.2, 0.25) is 0 Å². The van der Waals surface area contributed by atoms with Crippen molar-refractivity contribution in [3.05, 3.63) is 83.8 Å². The molecule has 0 saturated heterocycles. The van der Waals surface area contributed by atoms with Gasteiger partial charge in [-0.2, -0.15) is 0 Å². The van der Waals surface area contributed by atoms with Crippen LogP contribution in [0.1, 0.15) is 17.4 Å². The number of nitrogens with zero attached hydrogens (tertiary/aromatic N) is 2. The summed E-state index contributed by atoms with van der Waals surface area (Å²) in [5.41, 5.74) is 2.60. The predicted molar refractivity (Wildman–Crippen MR) is 110 cm³/mol. The number of pyridine rings is 1. The Bertz CT molecular complexity index is 910. The van der Waals surface area contributed by atoms with Gasteiger partial charge in [-0.05, 0) is 41.4 Å². The zero-order valence-electron chi connectivity index (χ0n) is 15.2. The number of rotatable bonds is 7. The summed E-state index contributed by atoms with van der Waals surface area (Å²) in [7, 11) is 0.210. The second-order valence-corrected chi connectivity index (χ2v) is 7.25. The van der Waals surface area contributed by atoms with E-state index in [0.29, 0.717) is 22.5 Å². The first-order valence-corrected chi connectivity index (χ1v) is 9.63. The average Bonchev–Trinajstić information content (AvgIpc) is 2.72. The molecule has 28 heavy (non-hydrogen) atoms. The molecular formula is C20H20BFN2O3S. The van der Waals surface area contributed by atoms with Gasteiger partial charge in [-0.3, -0.25) is 0 Å². The minimum atomic E-state index is -1.51. The number of anilines is 1. The number of aliphatic hydroxyl groups excluding tert-OH is 1. The monoisotopic (exact) mass is 398 g/mol. The molecule has 5 nitrogen and oxygen atoms in total. The summed E-state index contributed by atoms with van der Waals surface area (Å²) in [5, 5.41) is 30.2. The summed E-state index contributed by atoms with van der Waals surface area (Å²) >= 11 is 1.46. The lowest BCUT2D eigenvalue weighted by Gasteiger charge is -2.25. The van der Waals surface area contributed by atoms with Gasteiger partial charge < -0.3 is 20.1 Å². The number of aromatic nitrogens is 1. The van der Waals surface area contributed by atoms with Crippen LogP contribution in [0.2, 0.25) is 0 Å². The molecule has 0 aliphatic heterocycles. The topological polar surface area (TPSA) is 76.8 Å². The van der Waals surface area contributed by atoms with E-state index in [4.69, 9.17) is 0 Å². The van der Waals surface area contributed by atoms with Gasteiger partial charge in [-0.15, -0.1) is 11.8 Å². The molecular weight excluding hydrogens is 378 g/mol. The standard InChI is InChI=1S/C20H20BFN2O3S/c1-24(17-9-7-16(22)8-10-17)20(25)14-6-11-19(23-12-14)28-13-15-4-2-3-5-18(15)21(26)27/h2-12,20,25-27H,13H2,1H3. The highest BCUT2D eigenvalue weighted by Crippen LogP contribution is 2.26. The Morgan fingerprint density at radius 1 is 1.07 bits per heavy atom. The fourth-order valence-corrected chi connectivity index (χ4v) is 3.60. The number of benzene rings is 2. The molecule has 2 aromatic carbocycles. The Morgan fingerprint density at radius 3 is 2.43 bits per heavy atom. The van der Waals surface area contributed by atoms with Crippen LogP contribution in [0.5, 0.6) is 0 Å². The highest BCUT2D eigenvalue weighted by Gasteiger charge is 2.17. The fourth-order valence-electron chi connectivity index (χ4n) is 2.74. The normalized spacial score (nSPS) is 11.9. The number of halogens is 1. The van der Waals surface area contributed by atoms with E-state index < -0.39 is 13.3 Å². The van der Waals surface area contributed by atoms with Crippen molar-refractivity contribution in [2.75, 3.05) is 11.9 Å².